The second-order valence-electron chi connectivity index (χ2n) is 3.26. The molecule has 3 nitrogen and oxygen atoms in total. The van der Waals surface area contributed by atoms with Crippen molar-refractivity contribution in [1.29, 1.82) is 0 Å². The highest BCUT2D eigenvalue weighted by atomic mass is 16.4. The molecule has 74 valence electrons. The predicted molar refractivity (Wildman–Crippen MR) is 52.5 cm³/mol. The van der Waals surface area contributed by atoms with Gasteiger partial charge >= 0.3 is 5.97 Å². The van der Waals surface area contributed by atoms with Crippen molar-refractivity contribution in [1.82, 2.24) is 0 Å². The highest BCUT2D eigenvalue weighted by molar-refractivity contribution is 6.07. The maximum Gasteiger partial charge on any atom is 0.311 e. The lowest BCUT2D eigenvalue weighted by atomic mass is 9.98. The minimum Gasteiger partial charge on any atom is -0.481 e. The Hall–Kier alpha value is -1.64. The molecule has 0 atom stereocenters. The molecule has 0 bridgehead atoms. The van der Waals surface area contributed by atoms with Crippen LogP contribution in [0.2, 0.25) is 0 Å². The summed E-state index contributed by atoms with van der Waals surface area (Å²) < 4.78 is 0. The molecule has 0 fully saturated rings. The first-order chi connectivity index (χ1) is 6.52. The summed E-state index contributed by atoms with van der Waals surface area (Å²) in [6, 6.07) is 5.46. The van der Waals surface area contributed by atoms with Crippen molar-refractivity contribution in [3.05, 3.63) is 34.9 Å². The summed E-state index contributed by atoms with van der Waals surface area (Å²) in [6.07, 6.45) is -0.439. The first-order valence-electron chi connectivity index (χ1n) is 4.33. The standard InChI is InChI=1S/C11H12O3/c1-7-4-3-5-8(2)11(7)9(12)6-10(13)14/h3-5H,6H2,1-2H3,(H,13,14). The molecule has 0 aliphatic heterocycles. The first kappa shape index (κ1) is 10.4. The molecule has 0 heterocycles. The van der Waals surface area contributed by atoms with Gasteiger partial charge in [-0.3, -0.25) is 9.59 Å². The number of carboxylic acids is 1. The van der Waals surface area contributed by atoms with Gasteiger partial charge in [0.15, 0.2) is 5.78 Å². The number of carboxylic acid groups (broad SMARTS) is 1. The minimum absolute atomic E-state index is 0.326. The van der Waals surface area contributed by atoms with Gasteiger partial charge in [0.2, 0.25) is 0 Å². The van der Waals surface area contributed by atoms with Crippen molar-refractivity contribution in [2.75, 3.05) is 0 Å². The van der Waals surface area contributed by atoms with Crippen molar-refractivity contribution in [3.63, 3.8) is 0 Å². The number of hydrogen-bond acceptors (Lipinski definition) is 2. The van der Waals surface area contributed by atoms with E-state index in [1.807, 2.05) is 32.0 Å². The molecule has 14 heavy (non-hydrogen) atoms. The van der Waals surface area contributed by atoms with E-state index in [0.717, 1.165) is 11.1 Å². The number of ketones is 1. The smallest absolute Gasteiger partial charge is 0.311 e. The fraction of sp³-hybridized carbons (Fsp3) is 0.273. The minimum atomic E-state index is -1.09. The Morgan fingerprint density at radius 3 is 2.14 bits per heavy atom. The zero-order valence-corrected chi connectivity index (χ0v) is 8.20. The summed E-state index contributed by atoms with van der Waals surface area (Å²) in [5, 5.41) is 8.51. The van der Waals surface area contributed by atoms with Gasteiger partial charge < -0.3 is 5.11 Å². The maximum absolute atomic E-state index is 11.5. The van der Waals surface area contributed by atoms with Gasteiger partial charge in [0.1, 0.15) is 6.42 Å². The fourth-order valence-corrected chi connectivity index (χ4v) is 1.48. The number of hydrogen-bond donors (Lipinski definition) is 1. The number of aryl methyl sites for hydroxylation is 2. The van der Waals surface area contributed by atoms with Gasteiger partial charge in [-0.25, -0.2) is 0 Å². The summed E-state index contributed by atoms with van der Waals surface area (Å²) in [6.45, 7) is 3.62. The molecular weight excluding hydrogens is 180 g/mol. The van der Waals surface area contributed by atoms with Crippen LogP contribution in [-0.4, -0.2) is 16.9 Å². The van der Waals surface area contributed by atoms with Crippen LogP contribution >= 0.6 is 0 Å². The normalized spacial score (nSPS) is 9.86. The number of rotatable bonds is 3. The number of Topliss-reactive ketones (excluding diaryl/α,β-unsaturated/α-hetero) is 1. The zero-order valence-electron chi connectivity index (χ0n) is 8.20. The van der Waals surface area contributed by atoms with E-state index in [1.165, 1.54) is 0 Å². The Bertz CT molecular complexity index is 360. The van der Waals surface area contributed by atoms with Crippen molar-refractivity contribution in [2.45, 2.75) is 20.3 Å². The molecule has 1 aromatic rings. The van der Waals surface area contributed by atoms with E-state index < -0.39 is 12.4 Å². The number of benzene rings is 1. The monoisotopic (exact) mass is 192 g/mol. The molecular formula is C11H12O3. The number of carbonyl (C=O) groups excluding carboxylic acids is 1. The average Bonchev–Trinajstić information content (AvgIpc) is 2.01. The lowest BCUT2D eigenvalue weighted by Gasteiger charge is -2.06. The lowest BCUT2D eigenvalue weighted by molar-refractivity contribution is -0.135. The van der Waals surface area contributed by atoms with E-state index in [-0.39, 0.29) is 5.78 Å². The highest BCUT2D eigenvalue weighted by Crippen LogP contribution is 2.15. The van der Waals surface area contributed by atoms with Crippen LogP contribution in [-0.2, 0) is 4.79 Å². The average molecular weight is 192 g/mol. The maximum atomic E-state index is 11.5. The molecule has 0 saturated carbocycles. The molecule has 0 saturated heterocycles. The SMILES string of the molecule is Cc1cccc(C)c1C(=O)CC(=O)O. The summed E-state index contributed by atoms with van der Waals surface area (Å²) in [4.78, 5) is 21.9. The summed E-state index contributed by atoms with van der Waals surface area (Å²) in [5.41, 5.74) is 2.20. The Morgan fingerprint density at radius 2 is 1.71 bits per heavy atom. The van der Waals surface area contributed by atoms with E-state index in [0.29, 0.717) is 5.56 Å². The Balaban J connectivity index is 3.06. The largest absolute Gasteiger partial charge is 0.481 e. The summed E-state index contributed by atoms with van der Waals surface area (Å²) in [7, 11) is 0. The van der Waals surface area contributed by atoms with Crippen LogP contribution in [0.4, 0.5) is 0 Å². The van der Waals surface area contributed by atoms with Crippen LogP contribution < -0.4 is 0 Å². The third-order valence-electron chi connectivity index (χ3n) is 2.07. The first-order valence-corrected chi connectivity index (χ1v) is 4.33. The van der Waals surface area contributed by atoms with Crippen LogP contribution in [0.25, 0.3) is 0 Å². The molecule has 3 heteroatoms. The Kier molecular flexibility index (Phi) is 3.02. The van der Waals surface area contributed by atoms with Crippen molar-refractivity contribution < 1.29 is 14.7 Å². The van der Waals surface area contributed by atoms with Crippen LogP contribution in [0.5, 0.6) is 0 Å². The van der Waals surface area contributed by atoms with Gasteiger partial charge in [0.05, 0.1) is 0 Å². The second-order valence-corrected chi connectivity index (χ2v) is 3.26. The third kappa shape index (κ3) is 2.19. The van der Waals surface area contributed by atoms with E-state index in [1.54, 1.807) is 0 Å². The summed E-state index contributed by atoms with van der Waals surface area (Å²) in [5.74, 6) is -1.41. The quantitative estimate of drug-likeness (QED) is 0.588. The molecule has 0 unspecified atom stereocenters. The molecule has 0 aromatic heterocycles. The molecule has 1 aromatic carbocycles. The van der Waals surface area contributed by atoms with Gasteiger partial charge in [-0.1, -0.05) is 18.2 Å². The van der Waals surface area contributed by atoms with Crippen LogP contribution in [0, 0.1) is 13.8 Å². The molecule has 0 spiro atoms. The molecule has 0 amide bonds. The van der Waals surface area contributed by atoms with Crippen molar-refractivity contribution in [3.8, 4) is 0 Å². The highest BCUT2D eigenvalue weighted by Gasteiger charge is 2.14. The van der Waals surface area contributed by atoms with Gasteiger partial charge in [0.25, 0.3) is 0 Å². The van der Waals surface area contributed by atoms with E-state index in [2.05, 4.69) is 0 Å². The fourth-order valence-electron chi connectivity index (χ4n) is 1.48. The van der Waals surface area contributed by atoms with Gasteiger partial charge in [-0.2, -0.15) is 0 Å². The summed E-state index contributed by atoms with van der Waals surface area (Å²) >= 11 is 0. The molecule has 0 aliphatic rings. The molecule has 1 N–H and O–H groups in total. The van der Waals surface area contributed by atoms with Crippen LogP contribution in [0.1, 0.15) is 27.9 Å². The Labute approximate surface area is 82.4 Å². The molecule has 0 aliphatic carbocycles. The zero-order chi connectivity index (χ0) is 10.7. The van der Waals surface area contributed by atoms with Gasteiger partial charge in [-0.15, -0.1) is 0 Å². The molecule has 0 radical (unpaired) electrons. The van der Waals surface area contributed by atoms with Crippen LogP contribution in [0.15, 0.2) is 18.2 Å². The number of aliphatic carboxylic acids is 1. The van der Waals surface area contributed by atoms with Gasteiger partial charge in [-0.05, 0) is 25.0 Å². The van der Waals surface area contributed by atoms with E-state index >= 15 is 0 Å². The topological polar surface area (TPSA) is 54.4 Å². The van der Waals surface area contributed by atoms with Crippen molar-refractivity contribution in [2.24, 2.45) is 0 Å². The molecule has 1 rings (SSSR count). The Morgan fingerprint density at radius 1 is 1.21 bits per heavy atom. The van der Waals surface area contributed by atoms with Crippen molar-refractivity contribution >= 4 is 11.8 Å². The van der Waals surface area contributed by atoms with E-state index in [4.69, 9.17) is 5.11 Å². The van der Waals surface area contributed by atoms with E-state index in [9.17, 15) is 9.59 Å². The van der Waals surface area contributed by atoms with Crippen LogP contribution in [0.3, 0.4) is 0 Å². The number of carbonyl (C=O) groups is 2. The second kappa shape index (κ2) is 4.05. The predicted octanol–water partition coefficient (Wildman–Crippen LogP) is 1.96. The lowest BCUT2D eigenvalue weighted by Crippen LogP contribution is -2.10. The third-order valence-corrected chi connectivity index (χ3v) is 2.07. The van der Waals surface area contributed by atoms with Gasteiger partial charge in [0, 0.05) is 5.56 Å².